The van der Waals surface area contributed by atoms with Crippen LogP contribution in [0.4, 0.5) is 0 Å². The van der Waals surface area contributed by atoms with E-state index in [1.165, 1.54) is 12.8 Å². The van der Waals surface area contributed by atoms with E-state index in [2.05, 4.69) is 12.2 Å². The lowest BCUT2D eigenvalue weighted by molar-refractivity contribution is 0.193. The Hall–Kier alpha value is -1.22. The first kappa shape index (κ1) is 14.2. The molecule has 2 rings (SSSR count). The highest BCUT2D eigenvalue weighted by molar-refractivity contribution is 5.39. The van der Waals surface area contributed by atoms with Crippen molar-refractivity contribution in [3.63, 3.8) is 0 Å². The molecule has 3 nitrogen and oxygen atoms in total. The number of nitrogens with one attached hydrogen (secondary N) is 1. The average Bonchev–Trinajstić information content (AvgIpc) is 2.87. The fraction of sp³-hybridized carbons (Fsp3) is 0.625. The minimum absolute atomic E-state index is 0.316. The molecule has 1 aliphatic carbocycles. The predicted molar refractivity (Wildman–Crippen MR) is 78.0 cm³/mol. The molecule has 0 spiro atoms. The summed E-state index contributed by atoms with van der Waals surface area (Å²) in [6.07, 6.45) is 4.94. The largest absolute Gasteiger partial charge is 0.490 e. The summed E-state index contributed by atoms with van der Waals surface area (Å²) in [5.74, 6) is 1.74. The lowest BCUT2D eigenvalue weighted by atomic mass is 10.2. The van der Waals surface area contributed by atoms with Crippen LogP contribution in [0.2, 0.25) is 0 Å². The molecule has 19 heavy (non-hydrogen) atoms. The molecule has 0 aliphatic heterocycles. The third-order valence-corrected chi connectivity index (χ3v) is 3.51. The van der Waals surface area contributed by atoms with E-state index in [1.54, 1.807) is 0 Å². The van der Waals surface area contributed by atoms with Crippen LogP contribution in [0.3, 0.4) is 0 Å². The van der Waals surface area contributed by atoms with Gasteiger partial charge in [0.15, 0.2) is 11.5 Å². The van der Waals surface area contributed by atoms with E-state index in [-0.39, 0.29) is 0 Å². The summed E-state index contributed by atoms with van der Waals surface area (Å²) < 4.78 is 11.7. The highest BCUT2D eigenvalue weighted by Crippen LogP contribution is 2.31. The second-order valence-electron chi connectivity index (χ2n) is 5.08. The highest BCUT2D eigenvalue weighted by Gasteiger charge is 2.26. The molecule has 1 aromatic rings. The van der Waals surface area contributed by atoms with Gasteiger partial charge < -0.3 is 14.8 Å². The quantitative estimate of drug-likeness (QED) is 0.818. The number of rotatable bonds is 7. The number of hydrogen-bond donors (Lipinski definition) is 1. The van der Waals surface area contributed by atoms with Crippen LogP contribution in [0.1, 0.15) is 39.5 Å². The molecule has 106 valence electrons. The fourth-order valence-corrected chi connectivity index (χ4v) is 2.58. The van der Waals surface area contributed by atoms with Crippen molar-refractivity contribution in [2.75, 3.05) is 13.2 Å². The SMILES string of the molecule is CCCNC1CCC(Oc2ccccc2OCC)C1. The summed E-state index contributed by atoms with van der Waals surface area (Å²) >= 11 is 0. The minimum Gasteiger partial charge on any atom is -0.490 e. The molecule has 3 heteroatoms. The molecule has 0 saturated heterocycles. The van der Waals surface area contributed by atoms with Crippen molar-refractivity contribution in [1.82, 2.24) is 5.32 Å². The normalized spacial score (nSPS) is 22.4. The maximum absolute atomic E-state index is 6.10. The van der Waals surface area contributed by atoms with Gasteiger partial charge in [0, 0.05) is 6.04 Å². The Balaban J connectivity index is 1.88. The average molecular weight is 263 g/mol. The molecule has 1 fully saturated rings. The first-order valence-corrected chi connectivity index (χ1v) is 7.45. The second kappa shape index (κ2) is 7.39. The summed E-state index contributed by atoms with van der Waals surface area (Å²) in [6, 6.07) is 8.57. The molecule has 1 aromatic carbocycles. The van der Waals surface area contributed by atoms with Gasteiger partial charge >= 0.3 is 0 Å². The molecule has 0 amide bonds. The molecule has 0 radical (unpaired) electrons. The first-order valence-electron chi connectivity index (χ1n) is 7.45. The third-order valence-electron chi connectivity index (χ3n) is 3.51. The zero-order chi connectivity index (χ0) is 13.5. The predicted octanol–water partition coefficient (Wildman–Crippen LogP) is 3.38. The molecule has 0 aromatic heterocycles. The van der Waals surface area contributed by atoms with Gasteiger partial charge in [-0.3, -0.25) is 0 Å². The van der Waals surface area contributed by atoms with Crippen LogP contribution in [-0.4, -0.2) is 25.3 Å². The van der Waals surface area contributed by atoms with Gasteiger partial charge in [0.1, 0.15) is 6.10 Å². The molecule has 1 N–H and O–H groups in total. The fourth-order valence-electron chi connectivity index (χ4n) is 2.58. The van der Waals surface area contributed by atoms with Crippen molar-refractivity contribution >= 4 is 0 Å². The standard InChI is InChI=1S/C16H25NO2/c1-3-11-17-13-9-10-14(12-13)19-16-8-6-5-7-15(16)18-4-2/h5-8,13-14,17H,3-4,9-12H2,1-2H3. The van der Waals surface area contributed by atoms with Crippen molar-refractivity contribution in [3.05, 3.63) is 24.3 Å². The highest BCUT2D eigenvalue weighted by atomic mass is 16.5. The smallest absolute Gasteiger partial charge is 0.161 e. The first-order chi connectivity index (χ1) is 9.33. The molecular weight excluding hydrogens is 238 g/mol. The Bertz CT molecular complexity index is 381. The number of ether oxygens (including phenoxy) is 2. The van der Waals surface area contributed by atoms with E-state index in [0.29, 0.717) is 18.8 Å². The molecule has 0 heterocycles. The van der Waals surface area contributed by atoms with E-state index in [4.69, 9.17) is 9.47 Å². The van der Waals surface area contributed by atoms with Gasteiger partial charge in [0.05, 0.1) is 6.61 Å². The monoisotopic (exact) mass is 263 g/mol. The van der Waals surface area contributed by atoms with Crippen LogP contribution in [-0.2, 0) is 0 Å². The van der Waals surface area contributed by atoms with Gasteiger partial charge in [-0.1, -0.05) is 19.1 Å². The lowest BCUT2D eigenvalue weighted by Gasteiger charge is -2.17. The van der Waals surface area contributed by atoms with Crippen molar-refractivity contribution < 1.29 is 9.47 Å². The van der Waals surface area contributed by atoms with E-state index in [0.717, 1.165) is 30.9 Å². The third kappa shape index (κ3) is 4.13. The van der Waals surface area contributed by atoms with Crippen molar-refractivity contribution in [3.8, 4) is 11.5 Å². The number of para-hydroxylation sites is 2. The summed E-state index contributed by atoms with van der Waals surface area (Å²) in [5.41, 5.74) is 0. The summed E-state index contributed by atoms with van der Waals surface area (Å²) in [4.78, 5) is 0. The molecule has 1 aliphatic rings. The van der Waals surface area contributed by atoms with Crippen molar-refractivity contribution in [1.29, 1.82) is 0 Å². The molecule has 2 unspecified atom stereocenters. The van der Waals surface area contributed by atoms with Gasteiger partial charge in [0.25, 0.3) is 0 Å². The van der Waals surface area contributed by atoms with E-state index >= 15 is 0 Å². The van der Waals surface area contributed by atoms with E-state index in [1.807, 2.05) is 31.2 Å². The van der Waals surface area contributed by atoms with Gasteiger partial charge in [-0.2, -0.15) is 0 Å². The van der Waals surface area contributed by atoms with Gasteiger partial charge in [-0.25, -0.2) is 0 Å². The van der Waals surface area contributed by atoms with Gasteiger partial charge in [-0.05, 0) is 51.3 Å². The van der Waals surface area contributed by atoms with E-state index < -0.39 is 0 Å². The Morgan fingerprint density at radius 2 is 1.95 bits per heavy atom. The van der Waals surface area contributed by atoms with Crippen LogP contribution in [0.25, 0.3) is 0 Å². The molecular formula is C16H25NO2. The summed E-state index contributed by atoms with van der Waals surface area (Å²) in [6.45, 7) is 5.98. The van der Waals surface area contributed by atoms with Crippen LogP contribution < -0.4 is 14.8 Å². The van der Waals surface area contributed by atoms with Crippen LogP contribution in [0, 0.1) is 0 Å². The summed E-state index contributed by atoms with van der Waals surface area (Å²) in [7, 11) is 0. The zero-order valence-electron chi connectivity index (χ0n) is 12.0. The van der Waals surface area contributed by atoms with Gasteiger partial charge in [0.2, 0.25) is 0 Å². The second-order valence-corrected chi connectivity index (χ2v) is 5.08. The van der Waals surface area contributed by atoms with Crippen molar-refractivity contribution in [2.24, 2.45) is 0 Å². The lowest BCUT2D eigenvalue weighted by Crippen LogP contribution is -2.28. The number of benzene rings is 1. The maximum atomic E-state index is 6.10. The summed E-state index contributed by atoms with van der Waals surface area (Å²) in [5, 5.41) is 3.58. The molecule has 2 atom stereocenters. The molecule has 0 bridgehead atoms. The Morgan fingerprint density at radius 3 is 2.68 bits per heavy atom. The molecule has 1 saturated carbocycles. The number of hydrogen-bond acceptors (Lipinski definition) is 3. The Labute approximate surface area is 116 Å². The van der Waals surface area contributed by atoms with Crippen LogP contribution >= 0.6 is 0 Å². The Kier molecular flexibility index (Phi) is 5.52. The van der Waals surface area contributed by atoms with Crippen LogP contribution in [0.15, 0.2) is 24.3 Å². The van der Waals surface area contributed by atoms with E-state index in [9.17, 15) is 0 Å². The zero-order valence-corrected chi connectivity index (χ0v) is 12.0. The van der Waals surface area contributed by atoms with Crippen LogP contribution in [0.5, 0.6) is 11.5 Å². The van der Waals surface area contributed by atoms with Gasteiger partial charge in [-0.15, -0.1) is 0 Å². The minimum atomic E-state index is 0.316. The topological polar surface area (TPSA) is 30.5 Å². The Morgan fingerprint density at radius 1 is 1.16 bits per heavy atom. The van der Waals surface area contributed by atoms with Crippen molar-refractivity contribution in [2.45, 2.75) is 51.7 Å². The maximum Gasteiger partial charge on any atom is 0.161 e.